The minimum Gasteiger partial charge on any atom is -0.462 e. The van der Waals surface area contributed by atoms with Gasteiger partial charge in [-0.1, -0.05) is 0 Å². The molecule has 0 aromatic carbocycles. The average molecular weight is 314 g/mol. The fourth-order valence-electron chi connectivity index (χ4n) is 1.60. The third-order valence-corrected chi connectivity index (χ3v) is 4.06. The van der Waals surface area contributed by atoms with Crippen molar-refractivity contribution in [3.63, 3.8) is 0 Å². The lowest BCUT2D eigenvalue weighted by molar-refractivity contribution is 0.0522. The molecule has 114 valence electrons. The molecule has 2 aromatic rings. The van der Waals surface area contributed by atoms with E-state index in [-0.39, 0.29) is 17.2 Å². The minimum atomic E-state index is -3.99. The van der Waals surface area contributed by atoms with E-state index >= 15 is 0 Å². The Bertz CT molecular complexity index is 708. The van der Waals surface area contributed by atoms with Crippen LogP contribution in [0.2, 0.25) is 0 Å². The quantitative estimate of drug-likeness (QED) is 0.623. The first-order valence-electron chi connectivity index (χ1n) is 6.03. The van der Waals surface area contributed by atoms with Crippen LogP contribution in [0.3, 0.4) is 0 Å². The summed E-state index contributed by atoms with van der Waals surface area (Å²) in [6.07, 6.45) is 2.37. The van der Waals surface area contributed by atoms with Crippen molar-refractivity contribution in [3.05, 3.63) is 23.9 Å². The zero-order valence-electron chi connectivity index (χ0n) is 11.3. The van der Waals surface area contributed by atoms with Gasteiger partial charge in [0.2, 0.25) is 0 Å². The number of carbonyl (C=O) groups is 1. The lowest BCUT2D eigenvalue weighted by Gasteiger charge is -2.11. The Morgan fingerprint density at radius 2 is 2.19 bits per heavy atom. The number of aromatic amines is 2. The van der Waals surface area contributed by atoms with Crippen LogP contribution in [0.15, 0.2) is 17.6 Å². The topological polar surface area (TPSA) is 143 Å². The third-order valence-electron chi connectivity index (χ3n) is 2.54. The molecule has 0 saturated carbocycles. The number of ether oxygens (including phenoxy) is 1. The first-order chi connectivity index (χ1) is 9.95. The molecule has 0 saturated heterocycles. The number of hydrogen-bond acceptors (Lipinski definition) is 7. The van der Waals surface area contributed by atoms with Gasteiger partial charge >= 0.3 is 5.97 Å². The van der Waals surface area contributed by atoms with Crippen LogP contribution in [0.5, 0.6) is 0 Å². The molecule has 0 aliphatic carbocycles. The molecule has 11 heteroatoms. The van der Waals surface area contributed by atoms with Crippen molar-refractivity contribution in [1.29, 1.82) is 0 Å². The first kappa shape index (κ1) is 15.1. The Labute approximate surface area is 120 Å². The van der Waals surface area contributed by atoms with E-state index < -0.39 is 22.0 Å². The van der Waals surface area contributed by atoms with Gasteiger partial charge in [0, 0.05) is 0 Å². The van der Waals surface area contributed by atoms with E-state index in [1.807, 2.05) is 0 Å². The number of aromatic nitrogens is 5. The van der Waals surface area contributed by atoms with Gasteiger partial charge < -0.3 is 4.74 Å². The molecule has 21 heavy (non-hydrogen) atoms. The van der Waals surface area contributed by atoms with Gasteiger partial charge in [-0.15, -0.1) is 0 Å². The Morgan fingerprint density at radius 3 is 2.81 bits per heavy atom. The summed E-state index contributed by atoms with van der Waals surface area (Å²) in [6, 6.07) is -0.657. The second kappa shape index (κ2) is 6.01. The van der Waals surface area contributed by atoms with Crippen molar-refractivity contribution >= 4 is 16.0 Å². The van der Waals surface area contributed by atoms with E-state index in [0.717, 1.165) is 6.20 Å². The van der Waals surface area contributed by atoms with Crippen molar-refractivity contribution in [3.8, 4) is 0 Å². The van der Waals surface area contributed by atoms with E-state index in [9.17, 15) is 13.2 Å². The highest BCUT2D eigenvalue weighted by molar-refractivity contribution is 7.89. The molecule has 0 spiro atoms. The van der Waals surface area contributed by atoms with E-state index in [0.29, 0.717) is 5.82 Å². The molecular weight excluding hydrogens is 300 g/mol. The molecule has 0 aliphatic rings. The van der Waals surface area contributed by atoms with Crippen molar-refractivity contribution in [1.82, 2.24) is 30.1 Å². The van der Waals surface area contributed by atoms with E-state index in [1.165, 1.54) is 6.33 Å². The molecule has 2 heterocycles. The lowest BCUT2D eigenvalue weighted by Crippen LogP contribution is -2.29. The zero-order valence-corrected chi connectivity index (χ0v) is 12.1. The number of hydrogen-bond donors (Lipinski definition) is 3. The molecule has 1 unspecified atom stereocenters. The molecule has 1 atom stereocenters. The molecular formula is C10H14N6O4S. The summed E-state index contributed by atoms with van der Waals surface area (Å²) in [6.45, 7) is 3.33. The smallest absolute Gasteiger partial charge is 0.342 e. The summed E-state index contributed by atoms with van der Waals surface area (Å²) in [5.41, 5.74) is -0.158. The summed E-state index contributed by atoms with van der Waals surface area (Å²) in [7, 11) is -3.99. The molecule has 0 aliphatic heterocycles. The maximum atomic E-state index is 12.3. The Hall–Kier alpha value is -2.27. The molecule has 3 N–H and O–H groups in total. The molecule has 10 nitrogen and oxygen atoms in total. The maximum Gasteiger partial charge on any atom is 0.342 e. The number of esters is 1. The van der Waals surface area contributed by atoms with Gasteiger partial charge in [0.25, 0.3) is 10.0 Å². The van der Waals surface area contributed by atoms with Crippen LogP contribution in [0.1, 0.15) is 36.1 Å². The molecule has 2 rings (SSSR count). The Balaban J connectivity index is 2.24. The van der Waals surface area contributed by atoms with E-state index in [1.54, 1.807) is 13.8 Å². The highest BCUT2D eigenvalue weighted by Crippen LogP contribution is 2.16. The van der Waals surface area contributed by atoms with Crippen molar-refractivity contribution < 1.29 is 17.9 Å². The standard InChI is InChI=1S/C10H14N6O4S/c1-3-20-10(17)7-4-12-15-9(7)21(18,19)16-6(2)8-11-5-13-14-8/h4-6,16H,3H2,1-2H3,(H,12,15)(H,11,13,14). The van der Waals surface area contributed by atoms with Crippen molar-refractivity contribution in [2.45, 2.75) is 24.9 Å². The number of nitrogens with one attached hydrogen (secondary N) is 3. The van der Waals surface area contributed by atoms with Crippen molar-refractivity contribution in [2.24, 2.45) is 0 Å². The largest absolute Gasteiger partial charge is 0.462 e. The van der Waals surface area contributed by atoms with Gasteiger partial charge in [-0.3, -0.25) is 10.2 Å². The maximum absolute atomic E-state index is 12.3. The van der Waals surface area contributed by atoms with E-state index in [4.69, 9.17) is 4.74 Å². The molecule has 0 fully saturated rings. The minimum absolute atomic E-state index is 0.130. The SMILES string of the molecule is CCOC(=O)c1cn[nH]c1S(=O)(=O)NC(C)c1ncn[nH]1. The summed E-state index contributed by atoms with van der Waals surface area (Å²) >= 11 is 0. The second-order valence-electron chi connectivity index (χ2n) is 4.05. The summed E-state index contributed by atoms with van der Waals surface area (Å²) in [5.74, 6) is -0.422. The second-order valence-corrected chi connectivity index (χ2v) is 5.70. The normalized spacial score (nSPS) is 13.0. The monoisotopic (exact) mass is 314 g/mol. The fraction of sp³-hybridized carbons (Fsp3) is 0.400. The number of nitrogens with zero attached hydrogens (tertiary/aromatic N) is 3. The van der Waals surface area contributed by atoms with Crippen LogP contribution < -0.4 is 4.72 Å². The molecule has 0 radical (unpaired) electrons. The zero-order chi connectivity index (χ0) is 15.5. The summed E-state index contributed by atoms with van der Waals surface area (Å²) < 4.78 is 31.7. The third kappa shape index (κ3) is 3.25. The highest BCUT2D eigenvalue weighted by Gasteiger charge is 2.28. The lowest BCUT2D eigenvalue weighted by atomic mass is 10.3. The number of H-pyrrole nitrogens is 2. The highest BCUT2D eigenvalue weighted by atomic mass is 32.2. The molecule has 2 aromatic heterocycles. The first-order valence-corrected chi connectivity index (χ1v) is 7.52. The van der Waals surface area contributed by atoms with E-state index in [2.05, 4.69) is 30.1 Å². The van der Waals surface area contributed by atoms with Crippen LogP contribution >= 0.6 is 0 Å². The Morgan fingerprint density at radius 1 is 1.43 bits per heavy atom. The number of carbonyl (C=O) groups excluding carboxylic acids is 1. The molecule has 0 bridgehead atoms. The summed E-state index contributed by atoms with van der Waals surface area (Å²) in [4.78, 5) is 15.5. The molecule has 0 amide bonds. The van der Waals surface area contributed by atoms with Gasteiger partial charge in [0.15, 0.2) is 5.03 Å². The van der Waals surface area contributed by atoms with Crippen LogP contribution in [0.25, 0.3) is 0 Å². The van der Waals surface area contributed by atoms with Gasteiger partial charge in [0.1, 0.15) is 17.7 Å². The summed E-state index contributed by atoms with van der Waals surface area (Å²) in [5, 5.41) is 11.7. The van der Waals surface area contributed by atoms with Crippen LogP contribution in [-0.2, 0) is 14.8 Å². The Kier molecular flexibility index (Phi) is 4.33. The van der Waals surface area contributed by atoms with Gasteiger partial charge in [-0.2, -0.15) is 14.9 Å². The van der Waals surface area contributed by atoms with Gasteiger partial charge in [-0.05, 0) is 13.8 Å². The number of rotatable bonds is 6. The number of sulfonamides is 1. The van der Waals surface area contributed by atoms with Crippen molar-refractivity contribution in [2.75, 3.05) is 6.61 Å². The fourth-order valence-corrected chi connectivity index (χ4v) is 2.90. The predicted molar refractivity (Wildman–Crippen MR) is 69.7 cm³/mol. The van der Waals surface area contributed by atoms with Crippen LogP contribution in [0.4, 0.5) is 0 Å². The van der Waals surface area contributed by atoms with Gasteiger partial charge in [0.05, 0.1) is 18.8 Å². The van der Waals surface area contributed by atoms with Crippen LogP contribution in [0, 0.1) is 0 Å². The predicted octanol–water partition coefficient (Wildman–Crippen LogP) is -0.256. The average Bonchev–Trinajstić information content (AvgIpc) is 3.10. The van der Waals surface area contributed by atoms with Crippen LogP contribution in [-0.4, -0.2) is 46.4 Å². The van der Waals surface area contributed by atoms with Gasteiger partial charge in [-0.25, -0.2) is 18.2 Å².